The number of rotatable bonds is 5. The Morgan fingerprint density at radius 3 is 2.70 bits per heavy atom. The molecule has 0 aromatic carbocycles. The van der Waals surface area contributed by atoms with Gasteiger partial charge in [0, 0.05) is 25.2 Å². The van der Waals surface area contributed by atoms with Crippen molar-refractivity contribution >= 4 is 5.82 Å². The molecule has 1 aromatic rings. The molecule has 112 valence electrons. The molecule has 0 bridgehead atoms. The fourth-order valence-electron chi connectivity index (χ4n) is 2.93. The molecule has 20 heavy (non-hydrogen) atoms. The predicted octanol–water partition coefficient (Wildman–Crippen LogP) is 3.20. The zero-order valence-electron chi connectivity index (χ0n) is 12.8. The Labute approximate surface area is 121 Å². The molecule has 0 spiro atoms. The number of piperidine rings is 1. The van der Waals surface area contributed by atoms with Gasteiger partial charge in [-0.05, 0) is 37.3 Å². The first-order chi connectivity index (χ1) is 9.61. The van der Waals surface area contributed by atoms with Crippen molar-refractivity contribution in [3.8, 4) is 0 Å². The third-order valence-corrected chi connectivity index (χ3v) is 4.26. The molecule has 1 fully saturated rings. The van der Waals surface area contributed by atoms with Crippen LogP contribution in [-0.4, -0.2) is 24.6 Å². The summed E-state index contributed by atoms with van der Waals surface area (Å²) in [5.41, 5.74) is 0.967. The molecule has 0 amide bonds. The third kappa shape index (κ3) is 3.69. The average Bonchev–Trinajstić information content (AvgIpc) is 2.45. The summed E-state index contributed by atoms with van der Waals surface area (Å²) in [5.74, 6) is 2.26. The summed E-state index contributed by atoms with van der Waals surface area (Å²) < 4.78 is 13.4. The lowest BCUT2D eigenvalue weighted by atomic mass is 9.86. The summed E-state index contributed by atoms with van der Waals surface area (Å²) >= 11 is 0. The number of aromatic nitrogens is 1. The first kappa shape index (κ1) is 15.2. The van der Waals surface area contributed by atoms with Crippen LogP contribution in [0.3, 0.4) is 0 Å². The van der Waals surface area contributed by atoms with Gasteiger partial charge >= 0.3 is 0 Å². The number of hydrogen-bond donors (Lipinski definition) is 1. The van der Waals surface area contributed by atoms with E-state index in [9.17, 15) is 4.39 Å². The van der Waals surface area contributed by atoms with E-state index in [1.165, 1.54) is 19.0 Å². The zero-order chi connectivity index (χ0) is 14.5. The molecule has 1 N–H and O–H groups in total. The third-order valence-electron chi connectivity index (χ3n) is 4.26. The Morgan fingerprint density at radius 1 is 1.40 bits per heavy atom. The van der Waals surface area contributed by atoms with Crippen molar-refractivity contribution in [1.29, 1.82) is 0 Å². The van der Waals surface area contributed by atoms with Gasteiger partial charge in [-0.1, -0.05) is 20.8 Å². The summed E-state index contributed by atoms with van der Waals surface area (Å²) in [5, 5.41) is 3.26. The van der Waals surface area contributed by atoms with E-state index in [1.54, 1.807) is 6.07 Å². The highest BCUT2D eigenvalue weighted by Gasteiger charge is 2.23. The van der Waals surface area contributed by atoms with Gasteiger partial charge < -0.3 is 10.2 Å². The Morgan fingerprint density at radius 2 is 2.10 bits per heavy atom. The van der Waals surface area contributed by atoms with Crippen LogP contribution >= 0.6 is 0 Å². The molecule has 1 aromatic heterocycles. The van der Waals surface area contributed by atoms with E-state index in [4.69, 9.17) is 0 Å². The van der Waals surface area contributed by atoms with E-state index < -0.39 is 0 Å². The number of nitrogens with zero attached hydrogens (tertiary/aromatic N) is 2. The van der Waals surface area contributed by atoms with Gasteiger partial charge in [0.2, 0.25) is 0 Å². The molecular formula is C16H26FN3. The first-order valence-corrected chi connectivity index (χ1v) is 7.72. The zero-order valence-corrected chi connectivity index (χ0v) is 12.8. The van der Waals surface area contributed by atoms with Crippen LogP contribution in [0.5, 0.6) is 0 Å². The number of anilines is 1. The van der Waals surface area contributed by atoms with E-state index in [-0.39, 0.29) is 5.82 Å². The fourth-order valence-corrected chi connectivity index (χ4v) is 2.93. The Bertz CT molecular complexity index is 426. The van der Waals surface area contributed by atoms with Crippen molar-refractivity contribution in [2.45, 2.75) is 40.2 Å². The number of nitrogens with one attached hydrogen (secondary N) is 1. The molecule has 1 saturated heterocycles. The second kappa shape index (κ2) is 7.02. The Hall–Kier alpha value is -1.16. The molecule has 1 aliphatic heterocycles. The molecule has 0 radical (unpaired) electrons. The van der Waals surface area contributed by atoms with E-state index in [0.29, 0.717) is 6.54 Å². The maximum atomic E-state index is 13.4. The number of pyridine rings is 1. The van der Waals surface area contributed by atoms with Gasteiger partial charge in [0.15, 0.2) is 0 Å². The van der Waals surface area contributed by atoms with Crippen LogP contribution in [0.1, 0.15) is 39.2 Å². The van der Waals surface area contributed by atoms with Gasteiger partial charge in [0.1, 0.15) is 11.6 Å². The molecule has 0 atom stereocenters. The van der Waals surface area contributed by atoms with Crippen LogP contribution in [-0.2, 0) is 6.54 Å². The molecule has 0 aliphatic carbocycles. The quantitative estimate of drug-likeness (QED) is 0.897. The summed E-state index contributed by atoms with van der Waals surface area (Å²) in [4.78, 5) is 6.65. The van der Waals surface area contributed by atoms with Crippen molar-refractivity contribution in [1.82, 2.24) is 10.3 Å². The van der Waals surface area contributed by atoms with Crippen molar-refractivity contribution < 1.29 is 4.39 Å². The second-order valence-electron chi connectivity index (χ2n) is 5.99. The van der Waals surface area contributed by atoms with Gasteiger partial charge in [-0.2, -0.15) is 0 Å². The standard InChI is InChI=1S/C16H26FN3/c1-4-18-10-14-9-15(17)11-19-16(14)20-7-5-13(6-8-20)12(2)3/h9,11-13,18H,4-8,10H2,1-3H3. The van der Waals surface area contributed by atoms with Crippen LogP contribution in [0.4, 0.5) is 10.2 Å². The molecule has 4 heteroatoms. The number of halogens is 1. The second-order valence-corrected chi connectivity index (χ2v) is 5.99. The van der Waals surface area contributed by atoms with E-state index in [1.807, 2.05) is 0 Å². The van der Waals surface area contributed by atoms with E-state index in [0.717, 1.165) is 42.9 Å². The lowest BCUT2D eigenvalue weighted by molar-refractivity contribution is 0.310. The molecule has 2 rings (SSSR count). The molecule has 0 saturated carbocycles. The minimum absolute atomic E-state index is 0.251. The van der Waals surface area contributed by atoms with E-state index >= 15 is 0 Å². The molecular weight excluding hydrogens is 253 g/mol. The van der Waals surface area contributed by atoms with Crippen molar-refractivity contribution in [3.63, 3.8) is 0 Å². The normalized spacial score (nSPS) is 16.9. The molecule has 0 unspecified atom stereocenters. The summed E-state index contributed by atoms with van der Waals surface area (Å²) in [6.45, 7) is 10.3. The first-order valence-electron chi connectivity index (χ1n) is 7.72. The van der Waals surface area contributed by atoms with Crippen LogP contribution < -0.4 is 10.2 Å². The largest absolute Gasteiger partial charge is 0.356 e. The van der Waals surface area contributed by atoms with Crippen molar-refractivity contribution in [2.24, 2.45) is 11.8 Å². The van der Waals surface area contributed by atoms with Crippen molar-refractivity contribution in [3.05, 3.63) is 23.6 Å². The highest BCUT2D eigenvalue weighted by molar-refractivity contribution is 5.47. The van der Waals surface area contributed by atoms with Gasteiger partial charge in [-0.3, -0.25) is 0 Å². The topological polar surface area (TPSA) is 28.2 Å². The van der Waals surface area contributed by atoms with Crippen molar-refractivity contribution in [2.75, 3.05) is 24.5 Å². The summed E-state index contributed by atoms with van der Waals surface area (Å²) in [7, 11) is 0. The monoisotopic (exact) mass is 279 g/mol. The fraction of sp³-hybridized carbons (Fsp3) is 0.688. The maximum absolute atomic E-state index is 13.4. The average molecular weight is 279 g/mol. The van der Waals surface area contributed by atoms with Gasteiger partial charge in [-0.15, -0.1) is 0 Å². The molecule has 2 heterocycles. The Balaban J connectivity index is 2.08. The van der Waals surface area contributed by atoms with Crippen LogP contribution in [0.15, 0.2) is 12.3 Å². The van der Waals surface area contributed by atoms with Crippen LogP contribution in [0, 0.1) is 17.7 Å². The van der Waals surface area contributed by atoms with Gasteiger partial charge in [0.05, 0.1) is 6.20 Å². The predicted molar refractivity (Wildman–Crippen MR) is 81.4 cm³/mol. The lowest BCUT2D eigenvalue weighted by Crippen LogP contribution is -2.36. The van der Waals surface area contributed by atoms with E-state index in [2.05, 4.69) is 36.0 Å². The highest BCUT2D eigenvalue weighted by atomic mass is 19.1. The summed E-state index contributed by atoms with van der Waals surface area (Å²) in [6, 6.07) is 1.61. The SMILES string of the molecule is CCNCc1cc(F)cnc1N1CCC(C(C)C)CC1. The minimum atomic E-state index is -0.251. The van der Waals surface area contributed by atoms with Crippen LogP contribution in [0.2, 0.25) is 0 Å². The van der Waals surface area contributed by atoms with Gasteiger partial charge in [0.25, 0.3) is 0 Å². The lowest BCUT2D eigenvalue weighted by Gasteiger charge is -2.35. The number of hydrogen-bond acceptors (Lipinski definition) is 3. The summed E-state index contributed by atoms with van der Waals surface area (Å²) in [6.07, 6.45) is 3.74. The maximum Gasteiger partial charge on any atom is 0.141 e. The van der Waals surface area contributed by atoms with Crippen LogP contribution in [0.25, 0.3) is 0 Å². The Kier molecular flexibility index (Phi) is 5.35. The van der Waals surface area contributed by atoms with Gasteiger partial charge in [-0.25, -0.2) is 9.37 Å². The highest BCUT2D eigenvalue weighted by Crippen LogP contribution is 2.28. The molecule has 1 aliphatic rings. The minimum Gasteiger partial charge on any atom is -0.356 e. The molecule has 3 nitrogen and oxygen atoms in total. The smallest absolute Gasteiger partial charge is 0.141 e.